The van der Waals surface area contributed by atoms with Crippen molar-refractivity contribution in [3.8, 4) is 11.5 Å². The Balaban J connectivity index is 1.03. The van der Waals surface area contributed by atoms with Crippen LogP contribution in [0.1, 0.15) is 41.7 Å². The number of hydrogen-bond acceptors (Lipinski definition) is 7. The van der Waals surface area contributed by atoms with E-state index in [-0.39, 0.29) is 18.1 Å². The van der Waals surface area contributed by atoms with Gasteiger partial charge in [0.15, 0.2) is 0 Å². The zero-order valence-electron chi connectivity index (χ0n) is 23.0. The molecule has 1 amide bonds. The van der Waals surface area contributed by atoms with Crippen molar-refractivity contribution < 1.29 is 23.8 Å². The third-order valence-corrected chi connectivity index (χ3v) is 8.33. The smallest absolute Gasteiger partial charge is 0.267 e. The van der Waals surface area contributed by atoms with Crippen LogP contribution in [0.15, 0.2) is 53.1 Å². The summed E-state index contributed by atoms with van der Waals surface area (Å²) in [5.74, 6) is 1.39. The van der Waals surface area contributed by atoms with Crippen molar-refractivity contribution in [1.82, 2.24) is 20.1 Å². The first-order chi connectivity index (χ1) is 19.6. The summed E-state index contributed by atoms with van der Waals surface area (Å²) in [7, 11) is 1.64. The Labute approximate surface area is 234 Å². The molecule has 6 rings (SSSR count). The third-order valence-electron chi connectivity index (χ3n) is 8.33. The summed E-state index contributed by atoms with van der Waals surface area (Å²) >= 11 is 0. The minimum absolute atomic E-state index is 0.0830. The fourth-order valence-corrected chi connectivity index (χ4v) is 5.82. The maximum absolute atomic E-state index is 13.1. The minimum Gasteiger partial charge on any atom is -0.497 e. The maximum atomic E-state index is 13.1. The van der Waals surface area contributed by atoms with Gasteiger partial charge >= 0.3 is 0 Å². The van der Waals surface area contributed by atoms with E-state index in [1.54, 1.807) is 13.4 Å². The van der Waals surface area contributed by atoms with E-state index < -0.39 is 0 Å². The van der Waals surface area contributed by atoms with Gasteiger partial charge in [-0.25, -0.2) is 0 Å². The van der Waals surface area contributed by atoms with E-state index in [2.05, 4.69) is 20.1 Å². The monoisotopic (exact) mass is 546 g/mol. The van der Waals surface area contributed by atoms with E-state index in [0.29, 0.717) is 18.1 Å². The summed E-state index contributed by atoms with van der Waals surface area (Å²) < 4.78 is 17.2. The molecule has 2 aliphatic heterocycles. The zero-order chi connectivity index (χ0) is 27.5. The number of fused-ring (bicyclic) bond motifs is 2. The normalized spacial score (nSPS) is 17.9. The third kappa shape index (κ3) is 5.96. The van der Waals surface area contributed by atoms with Gasteiger partial charge in [0.2, 0.25) is 0 Å². The van der Waals surface area contributed by atoms with Crippen LogP contribution < -0.4 is 14.8 Å². The largest absolute Gasteiger partial charge is 0.497 e. The van der Waals surface area contributed by atoms with Crippen molar-refractivity contribution in [2.45, 2.75) is 44.4 Å². The second-order valence-corrected chi connectivity index (χ2v) is 11.0. The number of aromatic nitrogens is 1. The van der Waals surface area contributed by atoms with Crippen molar-refractivity contribution in [2.24, 2.45) is 0 Å². The van der Waals surface area contributed by atoms with Crippen LogP contribution in [0.5, 0.6) is 11.5 Å². The molecule has 3 N–H and O–H groups in total. The molecule has 0 bridgehead atoms. The molecule has 0 radical (unpaired) electrons. The minimum atomic E-state index is -0.125. The second kappa shape index (κ2) is 11.9. The Morgan fingerprint density at radius 2 is 1.77 bits per heavy atom. The Bertz CT molecular complexity index is 1450. The van der Waals surface area contributed by atoms with Gasteiger partial charge in [-0.3, -0.25) is 4.79 Å². The topological polar surface area (TPSA) is 103 Å². The molecule has 40 heavy (non-hydrogen) atoms. The number of amides is 1. The highest BCUT2D eigenvalue weighted by Crippen LogP contribution is 2.30. The van der Waals surface area contributed by atoms with Crippen LogP contribution in [-0.2, 0) is 6.61 Å². The summed E-state index contributed by atoms with van der Waals surface area (Å²) in [6, 6.07) is 13.6. The number of ether oxygens (including phenoxy) is 2. The van der Waals surface area contributed by atoms with Crippen LogP contribution in [0.3, 0.4) is 0 Å². The van der Waals surface area contributed by atoms with Crippen molar-refractivity contribution in [3.63, 3.8) is 0 Å². The molecule has 2 aromatic carbocycles. The number of likely N-dealkylation sites (tertiary alicyclic amines) is 2. The lowest BCUT2D eigenvalue weighted by molar-refractivity contribution is 0.0729. The number of rotatable bonds is 9. The van der Waals surface area contributed by atoms with Crippen molar-refractivity contribution >= 4 is 27.8 Å². The van der Waals surface area contributed by atoms with E-state index in [0.717, 1.165) is 98.1 Å². The van der Waals surface area contributed by atoms with Crippen LogP contribution >= 0.6 is 0 Å². The molecule has 0 spiro atoms. The highest BCUT2D eigenvalue weighted by Gasteiger charge is 2.23. The number of furan rings is 1. The number of aromatic amines is 1. The Kier molecular flexibility index (Phi) is 7.95. The van der Waals surface area contributed by atoms with Crippen molar-refractivity contribution in [3.05, 3.63) is 60.0 Å². The second-order valence-electron chi connectivity index (χ2n) is 11.0. The Morgan fingerprint density at radius 3 is 2.52 bits per heavy atom. The van der Waals surface area contributed by atoms with Crippen LogP contribution in [0.25, 0.3) is 21.9 Å². The quantitative estimate of drug-likeness (QED) is 0.290. The molecule has 9 nitrogen and oxygen atoms in total. The van der Waals surface area contributed by atoms with Crippen molar-refractivity contribution in [2.75, 3.05) is 46.4 Å². The zero-order valence-corrected chi connectivity index (χ0v) is 23.0. The standard InChI is InChI=1S/C31H38N4O5/c1-38-24-5-6-30-25(17-24)21(20-40-30)19-39-29-4-2-3-27-26(29)18-28(33-27)31(37)32-22-7-11-34(12-8-22)15-16-35-13-9-23(36)10-14-35/h2-6,17-18,20,22-23,33,36H,7-16,19H2,1H3,(H,32,37). The number of nitrogens with one attached hydrogen (secondary N) is 2. The highest BCUT2D eigenvalue weighted by molar-refractivity contribution is 5.99. The van der Waals surface area contributed by atoms with Gasteiger partial charge in [0.25, 0.3) is 5.91 Å². The first kappa shape index (κ1) is 26.7. The molecule has 4 heterocycles. The van der Waals surface area contributed by atoms with Crippen molar-refractivity contribution in [1.29, 1.82) is 0 Å². The number of methoxy groups -OCH3 is 1. The van der Waals surface area contributed by atoms with Gasteiger partial charge in [0.05, 0.1) is 19.5 Å². The average Bonchev–Trinajstić information content (AvgIpc) is 3.61. The summed E-state index contributed by atoms with van der Waals surface area (Å²) in [4.78, 5) is 21.3. The molecule has 0 unspecified atom stereocenters. The Morgan fingerprint density at radius 1 is 1.02 bits per heavy atom. The summed E-state index contributed by atoms with van der Waals surface area (Å²) in [5.41, 5.74) is 3.12. The number of H-pyrrole nitrogens is 1. The van der Waals surface area contributed by atoms with Gasteiger partial charge in [0, 0.05) is 67.2 Å². The lowest BCUT2D eigenvalue weighted by Gasteiger charge is -2.35. The molecule has 212 valence electrons. The number of benzene rings is 2. The lowest BCUT2D eigenvalue weighted by Crippen LogP contribution is -2.47. The predicted octanol–water partition coefficient (Wildman–Crippen LogP) is 4.15. The summed E-state index contributed by atoms with van der Waals surface area (Å²) in [6.07, 6.45) is 5.24. The number of hydrogen-bond donors (Lipinski definition) is 3. The fourth-order valence-electron chi connectivity index (χ4n) is 5.82. The first-order valence-electron chi connectivity index (χ1n) is 14.3. The lowest BCUT2D eigenvalue weighted by atomic mass is 10.0. The number of carbonyl (C=O) groups is 1. The molecule has 2 saturated heterocycles. The molecule has 0 aliphatic carbocycles. The molecule has 2 aromatic heterocycles. The summed E-state index contributed by atoms with van der Waals surface area (Å²) in [6.45, 7) is 6.38. The number of carbonyl (C=O) groups excluding carboxylic acids is 1. The van der Waals surface area contributed by atoms with Gasteiger partial charge in [0.1, 0.15) is 29.4 Å². The van der Waals surface area contributed by atoms with Crippen LogP contribution in [-0.4, -0.2) is 84.3 Å². The number of aliphatic hydroxyl groups excluding tert-OH is 1. The number of nitrogens with zero attached hydrogens (tertiary/aromatic N) is 2. The highest BCUT2D eigenvalue weighted by atomic mass is 16.5. The van der Waals surface area contributed by atoms with Crippen LogP contribution in [0, 0.1) is 0 Å². The molecular weight excluding hydrogens is 508 g/mol. The molecule has 9 heteroatoms. The number of piperidine rings is 2. The van der Waals surface area contributed by atoms with E-state index in [4.69, 9.17) is 13.9 Å². The van der Waals surface area contributed by atoms with E-state index in [9.17, 15) is 9.90 Å². The van der Waals surface area contributed by atoms with Crippen LogP contribution in [0.2, 0.25) is 0 Å². The maximum Gasteiger partial charge on any atom is 0.267 e. The van der Waals surface area contributed by atoms with Gasteiger partial charge in [-0.15, -0.1) is 0 Å². The van der Waals surface area contributed by atoms with E-state index >= 15 is 0 Å². The summed E-state index contributed by atoms with van der Waals surface area (Å²) in [5, 5.41) is 14.8. The SMILES string of the molecule is COc1ccc2occ(COc3cccc4[nH]c(C(=O)NC5CCN(CCN6CCC(O)CC6)CC5)cc34)c2c1. The van der Waals surface area contributed by atoms with Crippen LogP contribution in [0.4, 0.5) is 0 Å². The molecule has 0 atom stereocenters. The molecular formula is C31H38N4O5. The number of aliphatic hydroxyl groups is 1. The first-order valence-corrected chi connectivity index (χ1v) is 14.3. The Hall–Kier alpha value is -3.53. The van der Waals surface area contributed by atoms with Gasteiger partial charge in [-0.1, -0.05) is 6.07 Å². The van der Waals surface area contributed by atoms with Gasteiger partial charge < -0.3 is 39.1 Å². The predicted molar refractivity (Wildman–Crippen MR) is 154 cm³/mol. The molecule has 2 fully saturated rings. The molecule has 4 aromatic rings. The van der Waals surface area contributed by atoms with E-state index in [1.807, 2.05) is 42.5 Å². The molecule has 2 aliphatic rings. The average molecular weight is 547 g/mol. The molecule has 0 saturated carbocycles. The van der Waals surface area contributed by atoms with Gasteiger partial charge in [-0.05, 0) is 62.1 Å². The van der Waals surface area contributed by atoms with Gasteiger partial charge in [-0.2, -0.15) is 0 Å². The van der Waals surface area contributed by atoms with E-state index in [1.165, 1.54) is 0 Å². The fraction of sp³-hybridized carbons (Fsp3) is 0.452.